The fourth-order valence-electron chi connectivity index (χ4n) is 3.59. The van der Waals surface area contributed by atoms with Gasteiger partial charge in [0, 0.05) is 18.0 Å². The van der Waals surface area contributed by atoms with E-state index < -0.39 is 15.9 Å². The third-order valence-electron chi connectivity index (χ3n) is 4.92. The van der Waals surface area contributed by atoms with Crippen LogP contribution in [0.1, 0.15) is 24.1 Å². The van der Waals surface area contributed by atoms with Crippen LogP contribution in [0.2, 0.25) is 0 Å². The Balaban J connectivity index is 1.76. The minimum atomic E-state index is -3.85. The molecule has 1 aromatic carbocycles. The average molecular weight is 418 g/mol. The van der Waals surface area contributed by atoms with E-state index in [1.54, 1.807) is 0 Å². The number of likely N-dealkylation sites (tertiary alicyclic amines) is 1. The van der Waals surface area contributed by atoms with Gasteiger partial charge in [0.15, 0.2) is 0 Å². The van der Waals surface area contributed by atoms with E-state index >= 15 is 0 Å². The zero-order valence-corrected chi connectivity index (χ0v) is 16.6. The molecule has 3 heterocycles. The number of benzene rings is 1. The summed E-state index contributed by atoms with van der Waals surface area (Å²) in [4.78, 5) is 30.3. The molecular formula is C19H19N3O4S2. The number of piperidine rings is 1. The first kappa shape index (κ1) is 18.9. The second-order valence-corrected chi connectivity index (χ2v) is 9.24. The molecule has 0 spiro atoms. The number of carbonyl (C=O) groups is 2. The van der Waals surface area contributed by atoms with Gasteiger partial charge in [0.05, 0.1) is 16.2 Å². The predicted octanol–water partition coefficient (Wildman–Crippen LogP) is 2.17. The molecule has 0 bridgehead atoms. The van der Waals surface area contributed by atoms with Crippen LogP contribution in [0.3, 0.4) is 0 Å². The van der Waals surface area contributed by atoms with Crippen LogP contribution in [0.4, 0.5) is 5.69 Å². The van der Waals surface area contributed by atoms with Crippen molar-refractivity contribution in [1.29, 1.82) is 0 Å². The zero-order chi connectivity index (χ0) is 19.9. The summed E-state index contributed by atoms with van der Waals surface area (Å²) < 4.78 is 23.0. The van der Waals surface area contributed by atoms with Gasteiger partial charge in [-0.2, -0.15) is 0 Å². The van der Waals surface area contributed by atoms with Gasteiger partial charge in [-0.05, 0) is 55.0 Å². The van der Waals surface area contributed by atoms with E-state index in [1.807, 2.05) is 22.4 Å². The van der Waals surface area contributed by atoms with E-state index in [2.05, 4.69) is 0 Å². The summed E-state index contributed by atoms with van der Waals surface area (Å²) in [6.07, 6.45) is 3.07. The fourth-order valence-corrected chi connectivity index (χ4v) is 4.87. The Morgan fingerprint density at radius 1 is 0.929 bits per heavy atom. The van der Waals surface area contributed by atoms with Crippen molar-refractivity contribution in [3.63, 3.8) is 0 Å². The van der Waals surface area contributed by atoms with E-state index in [0.717, 1.165) is 42.1 Å². The van der Waals surface area contributed by atoms with Gasteiger partial charge in [0.25, 0.3) is 11.8 Å². The number of rotatable bonds is 4. The van der Waals surface area contributed by atoms with Crippen LogP contribution < -0.4 is 10.0 Å². The normalized spacial score (nSPS) is 18.3. The highest BCUT2D eigenvalue weighted by atomic mass is 32.2. The Kier molecular flexibility index (Phi) is 4.82. The molecule has 7 nitrogen and oxygen atoms in total. The van der Waals surface area contributed by atoms with Gasteiger partial charge < -0.3 is 4.90 Å². The lowest BCUT2D eigenvalue weighted by Crippen LogP contribution is -2.37. The number of anilines is 1. The molecule has 1 aromatic heterocycles. The Morgan fingerprint density at radius 2 is 1.61 bits per heavy atom. The molecule has 0 radical (unpaired) electrons. The Morgan fingerprint density at radius 3 is 2.18 bits per heavy atom. The summed E-state index contributed by atoms with van der Waals surface area (Å²) in [6.45, 7) is 1.48. The maximum atomic E-state index is 13.3. The Hall–Kier alpha value is -2.49. The van der Waals surface area contributed by atoms with Crippen molar-refractivity contribution in [2.24, 2.45) is 5.14 Å². The first-order valence-electron chi connectivity index (χ1n) is 8.92. The first-order valence-corrected chi connectivity index (χ1v) is 11.4. The van der Waals surface area contributed by atoms with E-state index in [4.69, 9.17) is 5.14 Å². The highest BCUT2D eigenvalue weighted by molar-refractivity contribution is 7.89. The van der Waals surface area contributed by atoms with Crippen LogP contribution in [0, 0.1) is 0 Å². The number of amides is 2. The molecule has 28 heavy (non-hydrogen) atoms. The topological polar surface area (TPSA) is 101 Å². The fraction of sp³-hybridized carbons (Fsp3) is 0.263. The minimum Gasteiger partial charge on any atom is -0.366 e. The summed E-state index contributed by atoms with van der Waals surface area (Å²) in [5, 5.41) is 7.00. The molecule has 9 heteroatoms. The molecule has 4 rings (SSSR count). The lowest BCUT2D eigenvalue weighted by atomic mass is 10.1. The molecule has 1 fully saturated rings. The van der Waals surface area contributed by atoms with E-state index in [0.29, 0.717) is 17.0 Å². The summed E-state index contributed by atoms with van der Waals surface area (Å²) in [5.41, 5.74) is 1.17. The zero-order valence-electron chi connectivity index (χ0n) is 15.0. The maximum Gasteiger partial charge on any atom is 0.282 e. The van der Waals surface area contributed by atoms with Crippen molar-refractivity contribution in [2.75, 3.05) is 18.0 Å². The van der Waals surface area contributed by atoms with Crippen molar-refractivity contribution in [3.05, 3.63) is 52.4 Å². The van der Waals surface area contributed by atoms with Crippen LogP contribution >= 0.6 is 11.3 Å². The van der Waals surface area contributed by atoms with Crippen molar-refractivity contribution >= 4 is 44.4 Å². The standard InChI is InChI=1S/C19H19N3O4S2/c20-28(25,26)14-8-6-13(7-9-14)22-18(23)16(15-5-4-12-27-15)17(19(22)24)21-10-2-1-3-11-21/h4-9,12H,1-3,10-11H2,(H2,20,25,26). The molecule has 0 unspecified atom stereocenters. The molecular weight excluding hydrogens is 398 g/mol. The van der Waals surface area contributed by atoms with Crippen molar-refractivity contribution < 1.29 is 18.0 Å². The highest BCUT2D eigenvalue weighted by Crippen LogP contribution is 2.37. The van der Waals surface area contributed by atoms with Gasteiger partial charge in [-0.15, -0.1) is 11.3 Å². The minimum absolute atomic E-state index is 0.0713. The molecule has 0 atom stereocenters. The van der Waals surface area contributed by atoms with Gasteiger partial charge in [-0.25, -0.2) is 18.5 Å². The van der Waals surface area contributed by atoms with Gasteiger partial charge in [0.1, 0.15) is 5.70 Å². The van der Waals surface area contributed by atoms with Crippen LogP contribution in [0.15, 0.2) is 52.4 Å². The first-order chi connectivity index (χ1) is 13.4. The summed E-state index contributed by atoms with van der Waals surface area (Å²) >= 11 is 1.42. The average Bonchev–Trinajstić information content (AvgIpc) is 3.28. The summed E-state index contributed by atoms with van der Waals surface area (Å²) in [5.74, 6) is -0.768. The smallest absolute Gasteiger partial charge is 0.282 e. The van der Waals surface area contributed by atoms with Gasteiger partial charge in [-0.3, -0.25) is 9.59 Å². The van der Waals surface area contributed by atoms with Gasteiger partial charge in [-0.1, -0.05) is 6.07 Å². The number of thiophene rings is 1. The van der Waals surface area contributed by atoms with Crippen molar-refractivity contribution in [2.45, 2.75) is 24.2 Å². The van der Waals surface area contributed by atoms with Crippen LogP contribution in [-0.2, 0) is 19.6 Å². The van der Waals surface area contributed by atoms with E-state index in [-0.39, 0.29) is 10.8 Å². The lowest BCUT2D eigenvalue weighted by Gasteiger charge is -2.29. The molecule has 0 saturated carbocycles. The van der Waals surface area contributed by atoms with Crippen molar-refractivity contribution in [3.8, 4) is 0 Å². The molecule has 2 aromatic rings. The molecule has 146 valence electrons. The predicted molar refractivity (Wildman–Crippen MR) is 107 cm³/mol. The number of sulfonamides is 1. The quantitative estimate of drug-likeness (QED) is 0.769. The summed E-state index contributed by atoms with van der Waals surface area (Å²) in [6, 6.07) is 9.15. The highest BCUT2D eigenvalue weighted by Gasteiger charge is 2.43. The number of hydrogen-bond donors (Lipinski definition) is 1. The third kappa shape index (κ3) is 3.25. The molecule has 0 aliphatic carbocycles. The largest absolute Gasteiger partial charge is 0.366 e. The second kappa shape index (κ2) is 7.16. The second-order valence-electron chi connectivity index (χ2n) is 6.73. The Bertz CT molecular complexity index is 1050. The molecule has 2 aliphatic heterocycles. The van der Waals surface area contributed by atoms with Crippen LogP contribution in [0.25, 0.3) is 5.57 Å². The van der Waals surface area contributed by atoms with Crippen LogP contribution in [0.5, 0.6) is 0 Å². The van der Waals surface area contributed by atoms with Gasteiger partial charge in [0.2, 0.25) is 10.0 Å². The molecule has 2 amide bonds. The van der Waals surface area contributed by atoms with Crippen LogP contribution in [-0.4, -0.2) is 38.2 Å². The van der Waals surface area contributed by atoms with E-state index in [9.17, 15) is 18.0 Å². The molecule has 2 N–H and O–H groups in total. The number of hydrogen-bond acceptors (Lipinski definition) is 6. The number of nitrogens with zero attached hydrogens (tertiary/aromatic N) is 2. The number of nitrogens with two attached hydrogens (primary N) is 1. The summed E-state index contributed by atoms with van der Waals surface area (Å²) in [7, 11) is -3.85. The Labute approximate surface area is 167 Å². The maximum absolute atomic E-state index is 13.3. The number of carbonyl (C=O) groups excluding carboxylic acids is 2. The molecule has 1 saturated heterocycles. The SMILES string of the molecule is NS(=O)(=O)c1ccc(N2C(=O)C(c3cccs3)=C(N3CCCCC3)C2=O)cc1. The number of imide groups is 1. The third-order valence-corrected chi connectivity index (χ3v) is 6.74. The van der Waals surface area contributed by atoms with E-state index in [1.165, 1.54) is 35.6 Å². The lowest BCUT2D eigenvalue weighted by molar-refractivity contribution is -0.120. The van der Waals surface area contributed by atoms with Gasteiger partial charge >= 0.3 is 0 Å². The molecule has 2 aliphatic rings. The monoisotopic (exact) mass is 417 g/mol. The number of primary sulfonamides is 1. The van der Waals surface area contributed by atoms with Crippen molar-refractivity contribution in [1.82, 2.24) is 4.90 Å².